The maximum Gasteiger partial charge on any atom is 0.0446 e. The monoisotopic (exact) mass is 152 g/mol. The Hall–Kier alpha value is -0.760. The van der Waals surface area contributed by atoms with Crippen LogP contribution in [0.4, 0.5) is 0 Å². The molecule has 11 heavy (non-hydrogen) atoms. The van der Waals surface area contributed by atoms with Crippen molar-refractivity contribution in [1.82, 2.24) is 9.88 Å². The summed E-state index contributed by atoms with van der Waals surface area (Å²) in [5.74, 6) is 0. The Morgan fingerprint density at radius 2 is 2.36 bits per heavy atom. The number of hydrogen-bond acceptors (Lipinski definition) is 1. The molecule has 0 amide bonds. The van der Waals surface area contributed by atoms with Gasteiger partial charge in [-0.3, -0.25) is 0 Å². The van der Waals surface area contributed by atoms with Gasteiger partial charge >= 0.3 is 0 Å². The smallest absolute Gasteiger partial charge is 0.0446 e. The van der Waals surface area contributed by atoms with E-state index in [0.29, 0.717) is 6.04 Å². The molecule has 1 rings (SSSR count). The van der Waals surface area contributed by atoms with E-state index in [0.717, 1.165) is 6.54 Å². The van der Waals surface area contributed by atoms with Gasteiger partial charge < -0.3 is 9.88 Å². The molecule has 0 radical (unpaired) electrons. The first-order valence-corrected chi connectivity index (χ1v) is 4.10. The van der Waals surface area contributed by atoms with Gasteiger partial charge in [-0.25, -0.2) is 0 Å². The minimum absolute atomic E-state index is 0.458. The van der Waals surface area contributed by atoms with Gasteiger partial charge in [-0.1, -0.05) is 6.92 Å². The lowest BCUT2D eigenvalue weighted by Gasteiger charge is -2.12. The molecule has 0 aromatic carbocycles. The molecular formula is C9H16N2. The standard InChI is InChI=1S/C9H16N2/c1-4-10-8(2)9-6-5-7-11(9)3/h5-8,10H,4H2,1-3H3. The van der Waals surface area contributed by atoms with Crippen molar-refractivity contribution < 1.29 is 0 Å². The second kappa shape index (κ2) is 3.58. The molecule has 62 valence electrons. The second-order valence-corrected chi connectivity index (χ2v) is 2.82. The lowest BCUT2D eigenvalue weighted by Crippen LogP contribution is -2.19. The van der Waals surface area contributed by atoms with Crippen molar-refractivity contribution in [2.24, 2.45) is 7.05 Å². The molecule has 0 spiro atoms. The van der Waals surface area contributed by atoms with Crippen molar-refractivity contribution in [3.63, 3.8) is 0 Å². The summed E-state index contributed by atoms with van der Waals surface area (Å²) in [5.41, 5.74) is 1.34. The average molecular weight is 152 g/mol. The van der Waals surface area contributed by atoms with Crippen molar-refractivity contribution in [2.45, 2.75) is 19.9 Å². The third kappa shape index (κ3) is 1.84. The van der Waals surface area contributed by atoms with Crippen LogP contribution in [0.25, 0.3) is 0 Å². The molecule has 0 saturated heterocycles. The highest BCUT2D eigenvalue weighted by Crippen LogP contribution is 2.10. The highest BCUT2D eigenvalue weighted by Gasteiger charge is 2.04. The fraction of sp³-hybridized carbons (Fsp3) is 0.556. The van der Waals surface area contributed by atoms with Crippen LogP contribution in [0, 0.1) is 0 Å². The Kier molecular flexibility index (Phi) is 2.71. The van der Waals surface area contributed by atoms with Crippen LogP contribution in [0.5, 0.6) is 0 Å². The molecule has 2 nitrogen and oxygen atoms in total. The zero-order valence-corrected chi connectivity index (χ0v) is 7.46. The molecule has 1 heterocycles. The van der Waals surface area contributed by atoms with Gasteiger partial charge in [0.05, 0.1) is 0 Å². The number of rotatable bonds is 3. The third-order valence-electron chi connectivity index (χ3n) is 1.94. The molecule has 1 aromatic rings. The predicted octanol–water partition coefficient (Wildman–Crippen LogP) is 1.70. The van der Waals surface area contributed by atoms with Crippen LogP contribution in [0.15, 0.2) is 18.3 Å². The van der Waals surface area contributed by atoms with Crippen LogP contribution >= 0.6 is 0 Å². The third-order valence-corrected chi connectivity index (χ3v) is 1.94. The Bertz CT molecular complexity index is 215. The van der Waals surface area contributed by atoms with Gasteiger partial charge in [-0.15, -0.1) is 0 Å². The van der Waals surface area contributed by atoms with E-state index < -0.39 is 0 Å². The number of aryl methyl sites for hydroxylation is 1. The molecular weight excluding hydrogens is 136 g/mol. The molecule has 0 fully saturated rings. The van der Waals surface area contributed by atoms with Gasteiger partial charge in [0.15, 0.2) is 0 Å². The van der Waals surface area contributed by atoms with Crippen molar-refractivity contribution in [1.29, 1.82) is 0 Å². The SMILES string of the molecule is CCNC(C)c1cccn1C. The lowest BCUT2D eigenvalue weighted by molar-refractivity contribution is 0.564. The maximum atomic E-state index is 3.37. The van der Waals surface area contributed by atoms with Gasteiger partial charge in [-0.05, 0) is 25.6 Å². The molecule has 1 unspecified atom stereocenters. The summed E-state index contributed by atoms with van der Waals surface area (Å²) >= 11 is 0. The minimum atomic E-state index is 0.458. The van der Waals surface area contributed by atoms with Gasteiger partial charge in [0.2, 0.25) is 0 Å². The number of nitrogens with zero attached hydrogens (tertiary/aromatic N) is 1. The molecule has 0 bridgehead atoms. The van der Waals surface area contributed by atoms with Crippen molar-refractivity contribution in [2.75, 3.05) is 6.54 Å². The quantitative estimate of drug-likeness (QED) is 0.697. The average Bonchev–Trinajstić information content (AvgIpc) is 2.36. The highest BCUT2D eigenvalue weighted by molar-refractivity contribution is 5.10. The summed E-state index contributed by atoms with van der Waals surface area (Å²) < 4.78 is 2.15. The molecule has 0 aliphatic heterocycles. The Labute approximate surface area is 68.2 Å². The van der Waals surface area contributed by atoms with Crippen molar-refractivity contribution >= 4 is 0 Å². The fourth-order valence-corrected chi connectivity index (χ4v) is 1.33. The summed E-state index contributed by atoms with van der Waals surface area (Å²) in [6, 6.07) is 4.68. The van der Waals surface area contributed by atoms with E-state index in [1.807, 2.05) is 0 Å². The van der Waals surface area contributed by atoms with E-state index in [1.165, 1.54) is 5.69 Å². The molecule has 1 atom stereocenters. The molecule has 1 aromatic heterocycles. The molecule has 0 saturated carbocycles. The zero-order valence-electron chi connectivity index (χ0n) is 7.46. The van der Waals surface area contributed by atoms with E-state index in [4.69, 9.17) is 0 Å². The van der Waals surface area contributed by atoms with E-state index in [1.54, 1.807) is 0 Å². The number of aromatic nitrogens is 1. The van der Waals surface area contributed by atoms with E-state index in [2.05, 4.69) is 49.1 Å². The van der Waals surface area contributed by atoms with E-state index in [9.17, 15) is 0 Å². The van der Waals surface area contributed by atoms with E-state index in [-0.39, 0.29) is 0 Å². The predicted molar refractivity (Wildman–Crippen MR) is 47.5 cm³/mol. The Morgan fingerprint density at radius 1 is 1.64 bits per heavy atom. The number of hydrogen-bond donors (Lipinski definition) is 1. The lowest BCUT2D eigenvalue weighted by atomic mass is 10.2. The maximum absolute atomic E-state index is 3.37. The zero-order chi connectivity index (χ0) is 8.27. The van der Waals surface area contributed by atoms with Crippen LogP contribution in [0.2, 0.25) is 0 Å². The van der Waals surface area contributed by atoms with Gasteiger partial charge in [0, 0.05) is 25.0 Å². The normalized spacial score (nSPS) is 13.4. The van der Waals surface area contributed by atoms with Crippen LogP contribution in [0.3, 0.4) is 0 Å². The van der Waals surface area contributed by atoms with E-state index >= 15 is 0 Å². The largest absolute Gasteiger partial charge is 0.353 e. The second-order valence-electron chi connectivity index (χ2n) is 2.82. The van der Waals surface area contributed by atoms with Crippen molar-refractivity contribution in [3.05, 3.63) is 24.0 Å². The van der Waals surface area contributed by atoms with Gasteiger partial charge in [-0.2, -0.15) is 0 Å². The molecule has 1 N–H and O–H groups in total. The summed E-state index contributed by atoms with van der Waals surface area (Å²) in [6.07, 6.45) is 2.07. The summed E-state index contributed by atoms with van der Waals surface area (Å²) in [4.78, 5) is 0. The number of nitrogens with one attached hydrogen (secondary N) is 1. The molecule has 0 aliphatic rings. The van der Waals surface area contributed by atoms with Crippen LogP contribution < -0.4 is 5.32 Å². The van der Waals surface area contributed by atoms with Crippen LogP contribution in [-0.2, 0) is 7.05 Å². The van der Waals surface area contributed by atoms with Gasteiger partial charge in [0.1, 0.15) is 0 Å². The molecule has 0 aliphatic carbocycles. The topological polar surface area (TPSA) is 17.0 Å². The Morgan fingerprint density at radius 3 is 2.82 bits per heavy atom. The first-order chi connectivity index (χ1) is 5.25. The highest BCUT2D eigenvalue weighted by atomic mass is 15.0. The minimum Gasteiger partial charge on any atom is -0.353 e. The fourth-order valence-electron chi connectivity index (χ4n) is 1.33. The van der Waals surface area contributed by atoms with Crippen LogP contribution in [0.1, 0.15) is 25.6 Å². The van der Waals surface area contributed by atoms with Gasteiger partial charge in [0.25, 0.3) is 0 Å². The molecule has 2 heteroatoms. The van der Waals surface area contributed by atoms with Crippen LogP contribution in [-0.4, -0.2) is 11.1 Å². The Balaban J connectivity index is 2.67. The summed E-state index contributed by atoms with van der Waals surface area (Å²) in [6.45, 7) is 5.32. The first-order valence-electron chi connectivity index (χ1n) is 4.10. The first kappa shape index (κ1) is 8.34. The summed E-state index contributed by atoms with van der Waals surface area (Å²) in [5, 5.41) is 3.37. The summed E-state index contributed by atoms with van der Waals surface area (Å²) in [7, 11) is 2.07. The van der Waals surface area contributed by atoms with Crippen molar-refractivity contribution in [3.8, 4) is 0 Å².